The van der Waals surface area contributed by atoms with Gasteiger partial charge in [0.25, 0.3) is 0 Å². The first-order valence-corrected chi connectivity index (χ1v) is 5.88. The summed E-state index contributed by atoms with van der Waals surface area (Å²) >= 11 is 0. The van der Waals surface area contributed by atoms with Gasteiger partial charge in [0.1, 0.15) is 5.82 Å². The third-order valence-electron chi connectivity index (χ3n) is 2.74. The highest BCUT2D eigenvalue weighted by atomic mass is 16.5. The molecule has 4 nitrogen and oxygen atoms in total. The van der Waals surface area contributed by atoms with Crippen LogP contribution in [0.1, 0.15) is 24.2 Å². The summed E-state index contributed by atoms with van der Waals surface area (Å²) in [5.74, 6) is 1.84. The van der Waals surface area contributed by atoms with Gasteiger partial charge in [-0.15, -0.1) is 0 Å². The number of ether oxygens (including phenoxy) is 1. The predicted octanol–water partition coefficient (Wildman–Crippen LogP) is 1.17. The minimum Gasteiger partial charge on any atom is -0.383 e. The molecule has 0 amide bonds. The van der Waals surface area contributed by atoms with Crippen molar-refractivity contribution in [3.63, 3.8) is 0 Å². The molecule has 1 fully saturated rings. The van der Waals surface area contributed by atoms with E-state index in [4.69, 9.17) is 4.74 Å². The summed E-state index contributed by atoms with van der Waals surface area (Å²) in [5, 5.41) is 3.27. The average Bonchev–Trinajstić information content (AvgIpc) is 3.11. The highest BCUT2D eigenvalue weighted by Gasteiger charge is 2.22. The van der Waals surface area contributed by atoms with Gasteiger partial charge in [0.05, 0.1) is 6.61 Å². The van der Waals surface area contributed by atoms with Gasteiger partial charge in [0.15, 0.2) is 0 Å². The maximum Gasteiger partial charge on any atom is 0.128 e. The summed E-state index contributed by atoms with van der Waals surface area (Å²) in [4.78, 5) is 8.75. The second-order valence-electron chi connectivity index (χ2n) is 4.32. The fourth-order valence-corrected chi connectivity index (χ4v) is 1.57. The Morgan fingerprint density at radius 1 is 1.38 bits per heavy atom. The van der Waals surface area contributed by atoms with E-state index < -0.39 is 0 Å². The van der Waals surface area contributed by atoms with Crippen LogP contribution in [0.4, 0.5) is 0 Å². The Morgan fingerprint density at radius 3 is 2.75 bits per heavy atom. The molecule has 0 bridgehead atoms. The average molecular weight is 221 g/mol. The van der Waals surface area contributed by atoms with Crippen LogP contribution in [0.2, 0.25) is 0 Å². The van der Waals surface area contributed by atoms with E-state index in [1.807, 2.05) is 12.4 Å². The number of hydrogen-bond acceptors (Lipinski definition) is 4. The van der Waals surface area contributed by atoms with Crippen LogP contribution in [-0.4, -0.2) is 30.2 Å². The van der Waals surface area contributed by atoms with Crippen LogP contribution >= 0.6 is 0 Å². The summed E-state index contributed by atoms with van der Waals surface area (Å²) in [6.45, 7) is 2.41. The molecule has 1 aliphatic carbocycles. The second kappa shape index (κ2) is 5.92. The second-order valence-corrected chi connectivity index (χ2v) is 4.32. The van der Waals surface area contributed by atoms with Crippen molar-refractivity contribution in [3.05, 3.63) is 23.8 Å². The Kier molecular flexibility index (Phi) is 4.25. The standard InChI is InChI=1S/C12H19N3O/c1-16-5-4-13-7-11-8-14-12(15-9-11)6-10-2-3-10/h8-10,13H,2-7H2,1H3. The lowest BCUT2D eigenvalue weighted by Crippen LogP contribution is -2.18. The fourth-order valence-electron chi connectivity index (χ4n) is 1.57. The van der Waals surface area contributed by atoms with Gasteiger partial charge in [0, 0.05) is 44.6 Å². The zero-order chi connectivity index (χ0) is 11.2. The van der Waals surface area contributed by atoms with E-state index >= 15 is 0 Å². The molecule has 1 aliphatic rings. The van der Waals surface area contributed by atoms with Gasteiger partial charge in [-0.25, -0.2) is 9.97 Å². The highest BCUT2D eigenvalue weighted by molar-refractivity contribution is 5.05. The maximum atomic E-state index is 4.96. The Labute approximate surface area is 96.4 Å². The van der Waals surface area contributed by atoms with Crippen LogP contribution < -0.4 is 5.32 Å². The van der Waals surface area contributed by atoms with E-state index in [0.29, 0.717) is 0 Å². The number of hydrogen-bond donors (Lipinski definition) is 1. The molecule has 0 saturated heterocycles. The minimum absolute atomic E-state index is 0.737. The van der Waals surface area contributed by atoms with E-state index in [1.165, 1.54) is 12.8 Å². The Hall–Kier alpha value is -1.00. The van der Waals surface area contributed by atoms with Crippen molar-refractivity contribution >= 4 is 0 Å². The van der Waals surface area contributed by atoms with Gasteiger partial charge >= 0.3 is 0 Å². The van der Waals surface area contributed by atoms with Crippen molar-refractivity contribution in [2.24, 2.45) is 5.92 Å². The topological polar surface area (TPSA) is 47.0 Å². The first-order chi connectivity index (χ1) is 7.88. The van der Waals surface area contributed by atoms with Gasteiger partial charge in [-0.05, 0) is 18.8 Å². The monoisotopic (exact) mass is 221 g/mol. The zero-order valence-electron chi connectivity index (χ0n) is 9.78. The number of nitrogens with zero attached hydrogens (tertiary/aromatic N) is 2. The molecule has 0 aromatic carbocycles. The molecular formula is C12H19N3O. The van der Waals surface area contributed by atoms with Gasteiger partial charge < -0.3 is 10.1 Å². The lowest BCUT2D eigenvalue weighted by Gasteiger charge is -2.04. The number of nitrogens with one attached hydrogen (secondary N) is 1. The molecule has 1 N–H and O–H groups in total. The van der Waals surface area contributed by atoms with Crippen LogP contribution in [-0.2, 0) is 17.7 Å². The fraction of sp³-hybridized carbons (Fsp3) is 0.667. The summed E-state index contributed by atoms with van der Waals surface area (Å²) in [5.41, 5.74) is 1.13. The van der Waals surface area contributed by atoms with Crippen molar-refractivity contribution in [2.75, 3.05) is 20.3 Å². The molecule has 88 valence electrons. The Morgan fingerprint density at radius 2 is 2.12 bits per heavy atom. The van der Waals surface area contributed by atoms with Gasteiger partial charge in [-0.3, -0.25) is 0 Å². The van der Waals surface area contributed by atoms with E-state index in [1.54, 1.807) is 7.11 Å². The first kappa shape index (κ1) is 11.5. The number of rotatable bonds is 7. The van der Waals surface area contributed by atoms with Crippen LogP contribution in [0.25, 0.3) is 0 Å². The molecule has 1 heterocycles. The number of methoxy groups -OCH3 is 1. The molecule has 1 saturated carbocycles. The Bertz CT molecular complexity index is 309. The van der Waals surface area contributed by atoms with Crippen molar-refractivity contribution in [3.8, 4) is 0 Å². The van der Waals surface area contributed by atoms with Gasteiger partial charge in [0.2, 0.25) is 0 Å². The molecule has 1 aromatic heterocycles. The highest BCUT2D eigenvalue weighted by Crippen LogP contribution is 2.31. The van der Waals surface area contributed by atoms with E-state index in [0.717, 1.165) is 43.4 Å². The predicted molar refractivity (Wildman–Crippen MR) is 62.0 cm³/mol. The summed E-state index contributed by atoms with van der Waals surface area (Å²) in [7, 11) is 1.71. The SMILES string of the molecule is COCCNCc1cnc(CC2CC2)nc1. The summed E-state index contributed by atoms with van der Waals surface area (Å²) < 4.78 is 4.96. The molecule has 4 heteroatoms. The third-order valence-corrected chi connectivity index (χ3v) is 2.74. The lowest BCUT2D eigenvalue weighted by molar-refractivity contribution is 0.199. The summed E-state index contributed by atoms with van der Waals surface area (Å²) in [6.07, 6.45) is 7.60. The van der Waals surface area contributed by atoms with E-state index in [-0.39, 0.29) is 0 Å². The quantitative estimate of drug-likeness (QED) is 0.702. The molecule has 2 rings (SSSR count). The van der Waals surface area contributed by atoms with Crippen molar-refractivity contribution in [2.45, 2.75) is 25.8 Å². The minimum atomic E-state index is 0.737. The van der Waals surface area contributed by atoms with Crippen molar-refractivity contribution in [1.29, 1.82) is 0 Å². The maximum absolute atomic E-state index is 4.96. The number of aromatic nitrogens is 2. The molecule has 1 aromatic rings. The van der Waals surface area contributed by atoms with Crippen LogP contribution in [0, 0.1) is 5.92 Å². The van der Waals surface area contributed by atoms with Crippen LogP contribution in [0.15, 0.2) is 12.4 Å². The van der Waals surface area contributed by atoms with Crippen LogP contribution in [0.5, 0.6) is 0 Å². The molecule has 0 aliphatic heterocycles. The van der Waals surface area contributed by atoms with E-state index in [9.17, 15) is 0 Å². The molecule has 0 unspecified atom stereocenters. The van der Waals surface area contributed by atoms with Gasteiger partial charge in [-0.1, -0.05) is 0 Å². The normalized spacial score (nSPS) is 15.3. The lowest BCUT2D eigenvalue weighted by atomic mass is 10.2. The van der Waals surface area contributed by atoms with Crippen LogP contribution in [0.3, 0.4) is 0 Å². The van der Waals surface area contributed by atoms with Crippen molar-refractivity contribution in [1.82, 2.24) is 15.3 Å². The molecular weight excluding hydrogens is 202 g/mol. The molecule has 16 heavy (non-hydrogen) atoms. The molecule has 0 spiro atoms. The Balaban J connectivity index is 1.72. The first-order valence-electron chi connectivity index (χ1n) is 5.88. The molecule has 0 atom stereocenters. The summed E-state index contributed by atoms with van der Waals surface area (Å²) in [6, 6.07) is 0. The van der Waals surface area contributed by atoms with Gasteiger partial charge in [-0.2, -0.15) is 0 Å². The zero-order valence-corrected chi connectivity index (χ0v) is 9.78. The molecule has 0 radical (unpaired) electrons. The third kappa shape index (κ3) is 3.87. The largest absolute Gasteiger partial charge is 0.383 e. The van der Waals surface area contributed by atoms with E-state index in [2.05, 4.69) is 15.3 Å². The van der Waals surface area contributed by atoms with Crippen molar-refractivity contribution < 1.29 is 4.74 Å². The smallest absolute Gasteiger partial charge is 0.128 e.